The highest BCUT2D eigenvalue weighted by Gasteiger charge is 2.14. The molecule has 2 nitrogen and oxygen atoms in total. The zero-order valence-corrected chi connectivity index (χ0v) is 11.8. The Balaban J connectivity index is 1.76. The second-order valence-electron chi connectivity index (χ2n) is 4.87. The van der Waals surface area contributed by atoms with Crippen molar-refractivity contribution in [3.8, 4) is 0 Å². The molecule has 1 N–H and O–H groups in total. The number of rotatable bonds is 4. The molecule has 0 radical (unpaired) electrons. The number of aryl methyl sites for hydroxylation is 1. The van der Waals surface area contributed by atoms with Crippen molar-refractivity contribution in [2.24, 2.45) is 0 Å². The number of fused-ring (bicyclic) bond motifs is 1. The van der Waals surface area contributed by atoms with E-state index in [2.05, 4.69) is 24.4 Å². The number of nitrogens with one attached hydrogen (secondary N) is 1. The van der Waals surface area contributed by atoms with Gasteiger partial charge in [0.15, 0.2) is 5.78 Å². The molecule has 1 aliphatic rings. The van der Waals surface area contributed by atoms with Crippen molar-refractivity contribution in [3.05, 3.63) is 51.2 Å². The van der Waals surface area contributed by atoms with Crippen molar-refractivity contribution in [2.45, 2.75) is 26.2 Å². The Hall–Kier alpha value is -1.61. The number of Topliss-reactive ketones (excluding diaryl/α,β-unsaturated/α-hetero) is 1. The van der Waals surface area contributed by atoms with Crippen LogP contribution < -0.4 is 5.32 Å². The highest BCUT2D eigenvalue weighted by atomic mass is 32.1. The van der Waals surface area contributed by atoms with Crippen LogP contribution in [-0.2, 0) is 19.3 Å². The second kappa shape index (κ2) is 5.17. The molecule has 2 aromatic rings. The Bertz CT molecular complexity index is 615. The lowest BCUT2D eigenvalue weighted by Crippen LogP contribution is -2.02. The maximum atomic E-state index is 12.3. The van der Waals surface area contributed by atoms with Gasteiger partial charge in [0.1, 0.15) is 0 Å². The predicted molar refractivity (Wildman–Crippen MR) is 80.4 cm³/mol. The minimum absolute atomic E-state index is 0.221. The first kappa shape index (κ1) is 12.4. The largest absolute Gasteiger partial charge is 0.384 e. The minimum Gasteiger partial charge on any atom is -0.384 e. The van der Waals surface area contributed by atoms with Crippen molar-refractivity contribution in [2.75, 3.05) is 11.9 Å². The van der Waals surface area contributed by atoms with Crippen LogP contribution in [0.25, 0.3) is 0 Å². The molecule has 19 heavy (non-hydrogen) atoms. The van der Waals surface area contributed by atoms with Gasteiger partial charge in [0.25, 0.3) is 0 Å². The van der Waals surface area contributed by atoms with E-state index < -0.39 is 0 Å². The van der Waals surface area contributed by atoms with Gasteiger partial charge in [-0.3, -0.25) is 4.79 Å². The maximum Gasteiger partial charge on any atom is 0.168 e. The normalized spacial score (nSPS) is 13.1. The van der Waals surface area contributed by atoms with Gasteiger partial charge in [-0.2, -0.15) is 0 Å². The molecule has 0 spiro atoms. The van der Waals surface area contributed by atoms with Gasteiger partial charge in [-0.15, -0.1) is 11.3 Å². The summed E-state index contributed by atoms with van der Waals surface area (Å²) in [6.45, 7) is 3.13. The van der Waals surface area contributed by atoms with E-state index >= 15 is 0 Å². The number of hydrogen-bond donors (Lipinski definition) is 1. The molecular weight excluding hydrogens is 254 g/mol. The molecule has 0 atom stereocenters. The first-order chi connectivity index (χ1) is 9.26. The zero-order valence-electron chi connectivity index (χ0n) is 11.0. The molecule has 0 unspecified atom stereocenters. The molecule has 1 aromatic carbocycles. The number of hydrogen-bond acceptors (Lipinski definition) is 3. The molecule has 0 bridgehead atoms. The van der Waals surface area contributed by atoms with Gasteiger partial charge in [0, 0.05) is 34.0 Å². The van der Waals surface area contributed by atoms with Gasteiger partial charge in [0.2, 0.25) is 0 Å². The van der Waals surface area contributed by atoms with Crippen LogP contribution in [0, 0.1) is 0 Å². The summed E-state index contributed by atoms with van der Waals surface area (Å²) in [5.41, 5.74) is 3.29. The molecule has 0 saturated heterocycles. The van der Waals surface area contributed by atoms with E-state index in [1.54, 1.807) is 11.3 Å². The number of thiophene rings is 1. The number of carbonyl (C=O) groups excluding carboxylic acids is 1. The summed E-state index contributed by atoms with van der Waals surface area (Å²) >= 11 is 1.75. The highest BCUT2D eigenvalue weighted by Crippen LogP contribution is 2.24. The second-order valence-corrected chi connectivity index (χ2v) is 6.12. The van der Waals surface area contributed by atoms with Gasteiger partial charge in [-0.25, -0.2) is 0 Å². The van der Waals surface area contributed by atoms with Crippen molar-refractivity contribution >= 4 is 22.8 Å². The summed E-state index contributed by atoms with van der Waals surface area (Å²) in [6, 6.07) is 10.2. The van der Waals surface area contributed by atoms with Crippen molar-refractivity contribution in [1.29, 1.82) is 0 Å². The quantitative estimate of drug-likeness (QED) is 0.859. The van der Waals surface area contributed by atoms with Crippen molar-refractivity contribution in [1.82, 2.24) is 0 Å². The van der Waals surface area contributed by atoms with Crippen LogP contribution >= 0.6 is 11.3 Å². The maximum absolute atomic E-state index is 12.3. The SMILES string of the molecule is CCc1ccc(CC(=O)c2ccc3c(c2)CCN3)s1. The summed E-state index contributed by atoms with van der Waals surface area (Å²) in [4.78, 5) is 14.8. The van der Waals surface area contributed by atoms with Gasteiger partial charge in [-0.05, 0) is 48.7 Å². The fraction of sp³-hybridized carbons (Fsp3) is 0.312. The number of ketones is 1. The van der Waals surface area contributed by atoms with E-state index in [1.165, 1.54) is 21.0 Å². The van der Waals surface area contributed by atoms with Crippen LogP contribution in [0.15, 0.2) is 30.3 Å². The lowest BCUT2D eigenvalue weighted by molar-refractivity contribution is 0.0994. The zero-order chi connectivity index (χ0) is 13.2. The van der Waals surface area contributed by atoms with Gasteiger partial charge >= 0.3 is 0 Å². The van der Waals surface area contributed by atoms with Crippen molar-refractivity contribution in [3.63, 3.8) is 0 Å². The monoisotopic (exact) mass is 271 g/mol. The van der Waals surface area contributed by atoms with Crippen LogP contribution in [0.4, 0.5) is 5.69 Å². The van der Waals surface area contributed by atoms with E-state index in [9.17, 15) is 4.79 Å². The molecule has 3 rings (SSSR count). The average Bonchev–Trinajstić information content (AvgIpc) is 3.05. The molecule has 0 amide bonds. The predicted octanol–water partition coefficient (Wildman–Crippen LogP) is 3.70. The third-order valence-corrected chi connectivity index (χ3v) is 4.77. The summed E-state index contributed by atoms with van der Waals surface area (Å²) < 4.78 is 0. The third-order valence-electron chi connectivity index (χ3n) is 3.54. The summed E-state index contributed by atoms with van der Waals surface area (Å²) in [5, 5.41) is 3.32. The molecule has 0 fully saturated rings. The number of benzene rings is 1. The first-order valence-electron chi connectivity index (χ1n) is 6.74. The highest BCUT2D eigenvalue weighted by molar-refractivity contribution is 7.12. The smallest absolute Gasteiger partial charge is 0.168 e. The van der Waals surface area contributed by atoms with E-state index in [1.807, 2.05) is 18.2 Å². The molecule has 2 heterocycles. The Kier molecular flexibility index (Phi) is 3.38. The third kappa shape index (κ3) is 2.56. The molecule has 3 heteroatoms. The van der Waals surface area contributed by atoms with Gasteiger partial charge < -0.3 is 5.32 Å². The lowest BCUT2D eigenvalue weighted by Gasteiger charge is -2.03. The van der Waals surface area contributed by atoms with E-state index in [0.717, 1.165) is 24.9 Å². The summed E-state index contributed by atoms with van der Waals surface area (Å²) in [6.07, 6.45) is 2.59. The first-order valence-corrected chi connectivity index (χ1v) is 7.55. The summed E-state index contributed by atoms with van der Waals surface area (Å²) in [7, 11) is 0. The summed E-state index contributed by atoms with van der Waals surface area (Å²) in [5.74, 6) is 0.221. The van der Waals surface area contributed by atoms with E-state index in [4.69, 9.17) is 0 Å². The lowest BCUT2D eigenvalue weighted by atomic mass is 10.0. The van der Waals surface area contributed by atoms with E-state index in [0.29, 0.717) is 6.42 Å². The Labute approximate surface area is 117 Å². The van der Waals surface area contributed by atoms with Crippen LogP contribution in [0.1, 0.15) is 32.6 Å². The minimum atomic E-state index is 0.221. The number of anilines is 1. The topological polar surface area (TPSA) is 29.1 Å². The molecule has 1 aromatic heterocycles. The number of carbonyl (C=O) groups is 1. The Morgan fingerprint density at radius 2 is 2.11 bits per heavy atom. The van der Waals surface area contributed by atoms with Crippen LogP contribution in [0.3, 0.4) is 0 Å². The molecular formula is C16H17NOS. The molecule has 0 saturated carbocycles. The van der Waals surface area contributed by atoms with Crippen LogP contribution in [0.2, 0.25) is 0 Å². The Morgan fingerprint density at radius 3 is 2.89 bits per heavy atom. The van der Waals surface area contributed by atoms with Crippen molar-refractivity contribution < 1.29 is 4.79 Å². The van der Waals surface area contributed by atoms with Gasteiger partial charge in [-0.1, -0.05) is 6.92 Å². The molecule has 1 aliphatic heterocycles. The van der Waals surface area contributed by atoms with Gasteiger partial charge in [0.05, 0.1) is 0 Å². The Morgan fingerprint density at radius 1 is 1.26 bits per heavy atom. The average molecular weight is 271 g/mol. The van der Waals surface area contributed by atoms with Crippen LogP contribution in [0.5, 0.6) is 0 Å². The fourth-order valence-corrected chi connectivity index (χ4v) is 3.40. The van der Waals surface area contributed by atoms with Crippen LogP contribution in [-0.4, -0.2) is 12.3 Å². The molecule has 98 valence electrons. The molecule has 0 aliphatic carbocycles. The van der Waals surface area contributed by atoms with E-state index in [-0.39, 0.29) is 5.78 Å². The fourth-order valence-electron chi connectivity index (χ4n) is 2.45. The standard InChI is InChI=1S/C16H17NOS/c1-2-13-4-5-14(19-13)10-16(18)12-3-6-15-11(9-12)7-8-17-15/h3-6,9,17H,2,7-8,10H2,1H3.